The minimum Gasteiger partial charge on any atom is -0.378 e. The largest absolute Gasteiger partial charge is 0.378 e. The molecule has 3 aromatic rings. The van der Waals surface area contributed by atoms with Crippen molar-refractivity contribution >= 4 is 16.5 Å². The molecule has 0 fully saturated rings. The molecule has 2 heteroatoms. The lowest BCUT2D eigenvalue weighted by Gasteiger charge is -2.17. The third-order valence-electron chi connectivity index (χ3n) is 3.52. The van der Waals surface area contributed by atoms with Crippen LogP contribution in [-0.2, 0) is 0 Å². The molecule has 3 rings (SSSR count). The van der Waals surface area contributed by atoms with Gasteiger partial charge in [-0.05, 0) is 47.5 Å². The normalized spacial score (nSPS) is 12.3. The molecule has 1 atom stereocenters. The van der Waals surface area contributed by atoms with E-state index in [9.17, 15) is 4.39 Å². The fourth-order valence-electron chi connectivity index (χ4n) is 2.50. The Morgan fingerprint density at radius 2 is 1.55 bits per heavy atom. The zero-order chi connectivity index (χ0) is 13.9. The molecule has 0 aliphatic rings. The van der Waals surface area contributed by atoms with Gasteiger partial charge in [-0.2, -0.15) is 0 Å². The van der Waals surface area contributed by atoms with E-state index in [1.807, 2.05) is 6.07 Å². The highest BCUT2D eigenvalue weighted by molar-refractivity contribution is 5.86. The monoisotopic (exact) mass is 265 g/mol. The van der Waals surface area contributed by atoms with Gasteiger partial charge in [-0.1, -0.05) is 42.5 Å². The Morgan fingerprint density at radius 3 is 2.35 bits per heavy atom. The second kappa shape index (κ2) is 5.33. The summed E-state index contributed by atoms with van der Waals surface area (Å²) in [6.45, 7) is 2.12. The summed E-state index contributed by atoms with van der Waals surface area (Å²) in [7, 11) is 0. The Labute approximate surface area is 118 Å². The van der Waals surface area contributed by atoms with Crippen LogP contribution in [-0.4, -0.2) is 0 Å². The average Bonchev–Trinajstić information content (AvgIpc) is 2.49. The zero-order valence-electron chi connectivity index (χ0n) is 11.3. The van der Waals surface area contributed by atoms with Gasteiger partial charge in [-0.3, -0.25) is 0 Å². The number of fused-ring (bicyclic) bond motifs is 1. The van der Waals surface area contributed by atoms with Crippen LogP contribution in [0.1, 0.15) is 18.5 Å². The van der Waals surface area contributed by atoms with Gasteiger partial charge in [0.1, 0.15) is 5.82 Å². The Balaban J connectivity index is 1.92. The Morgan fingerprint density at radius 1 is 0.850 bits per heavy atom. The molecule has 1 N–H and O–H groups in total. The van der Waals surface area contributed by atoms with Gasteiger partial charge in [0.25, 0.3) is 0 Å². The highest BCUT2D eigenvalue weighted by atomic mass is 19.1. The maximum absolute atomic E-state index is 12.9. The highest BCUT2D eigenvalue weighted by Crippen LogP contribution is 2.26. The van der Waals surface area contributed by atoms with Gasteiger partial charge >= 0.3 is 0 Å². The Hall–Kier alpha value is -2.35. The molecule has 0 aliphatic heterocycles. The van der Waals surface area contributed by atoms with Crippen molar-refractivity contribution in [2.75, 3.05) is 5.32 Å². The molecular weight excluding hydrogens is 249 g/mol. The predicted molar refractivity (Wildman–Crippen MR) is 82.4 cm³/mol. The lowest BCUT2D eigenvalue weighted by atomic mass is 9.99. The van der Waals surface area contributed by atoms with Crippen molar-refractivity contribution in [1.29, 1.82) is 0 Å². The van der Waals surface area contributed by atoms with Crippen LogP contribution < -0.4 is 5.32 Å². The Bertz CT molecular complexity index is 714. The van der Waals surface area contributed by atoms with Crippen LogP contribution >= 0.6 is 0 Å². The smallest absolute Gasteiger partial charge is 0.123 e. The summed E-state index contributed by atoms with van der Waals surface area (Å²) in [6, 6.07) is 21.3. The number of rotatable bonds is 3. The second-order valence-electron chi connectivity index (χ2n) is 4.94. The Kier molecular flexibility index (Phi) is 3.38. The van der Waals surface area contributed by atoms with Crippen LogP contribution in [0, 0.1) is 5.82 Å². The van der Waals surface area contributed by atoms with Crippen LogP contribution in [0.5, 0.6) is 0 Å². The fraction of sp³-hybridized carbons (Fsp3) is 0.111. The number of hydrogen-bond acceptors (Lipinski definition) is 1. The van der Waals surface area contributed by atoms with Crippen molar-refractivity contribution in [1.82, 2.24) is 0 Å². The molecule has 0 amide bonds. The molecule has 0 saturated carbocycles. The molecule has 0 spiro atoms. The van der Waals surface area contributed by atoms with Crippen LogP contribution in [0.15, 0.2) is 66.7 Å². The number of halogens is 1. The van der Waals surface area contributed by atoms with Gasteiger partial charge in [0.15, 0.2) is 0 Å². The first-order valence-electron chi connectivity index (χ1n) is 6.74. The molecule has 0 aliphatic carbocycles. The first-order valence-corrected chi connectivity index (χ1v) is 6.74. The van der Waals surface area contributed by atoms with Gasteiger partial charge in [0, 0.05) is 11.7 Å². The van der Waals surface area contributed by atoms with Crippen molar-refractivity contribution in [2.45, 2.75) is 13.0 Å². The summed E-state index contributed by atoms with van der Waals surface area (Å²) >= 11 is 0. The fourth-order valence-corrected chi connectivity index (χ4v) is 2.50. The summed E-state index contributed by atoms with van der Waals surface area (Å²) in [5.74, 6) is -0.214. The maximum atomic E-state index is 12.9. The van der Waals surface area contributed by atoms with Crippen molar-refractivity contribution in [2.24, 2.45) is 0 Å². The third-order valence-corrected chi connectivity index (χ3v) is 3.52. The van der Waals surface area contributed by atoms with E-state index < -0.39 is 0 Å². The number of hydrogen-bond donors (Lipinski definition) is 1. The molecule has 0 saturated heterocycles. The van der Waals surface area contributed by atoms with E-state index in [2.05, 4.69) is 48.6 Å². The third kappa shape index (κ3) is 2.50. The minimum absolute atomic E-state index is 0.159. The first-order chi connectivity index (χ1) is 9.74. The maximum Gasteiger partial charge on any atom is 0.123 e. The van der Waals surface area contributed by atoms with E-state index in [1.54, 1.807) is 12.1 Å². The standard InChI is InChI=1S/C18H16FN/c1-13(20-16-11-9-15(19)10-12-16)17-8-4-6-14-5-2-3-7-18(14)17/h2-13,20H,1H3. The van der Waals surface area contributed by atoms with E-state index in [-0.39, 0.29) is 11.9 Å². The molecule has 0 bridgehead atoms. The average molecular weight is 265 g/mol. The summed E-state index contributed by atoms with van der Waals surface area (Å²) in [4.78, 5) is 0. The number of anilines is 1. The molecule has 1 unspecified atom stereocenters. The predicted octanol–water partition coefficient (Wildman–Crippen LogP) is 5.15. The van der Waals surface area contributed by atoms with E-state index in [0.29, 0.717) is 0 Å². The van der Waals surface area contributed by atoms with Crippen molar-refractivity contribution in [3.63, 3.8) is 0 Å². The molecule has 1 nitrogen and oxygen atoms in total. The lowest BCUT2D eigenvalue weighted by Crippen LogP contribution is -2.07. The topological polar surface area (TPSA) is 12.0 Å². The summed E-state index contributed by atoms with van der Waals surface area (Å²) in [5.41, 5.74) is 2.17. The molecule has 0 heterocycles. The number of benzene rings is 3. The molecule has 100 valence electrons. The van der Waals surface area contributed by atoms with E-state index in [1.165, 1.54) is 28.5 Å². The van der Waals surface area contributed by atoms with E-state index in [0.717, 1.165) is 5.69 Å². The zero-order valence-corrected chi connectivity index (χ0v) is 11.3. The molecular formula is C18H16FN. The molecule has 3 aromatic carbocycles. The first kappa shape index (κ1) is 12.7. The van der Waals surface area contributed by atoms with Crippen molar-refractivity contribution in [3.8, 4) is 0 Å². The van der Waals surface area contributed by atoms with E-state index >= 15 is 0 Å². The van der Waals surface area contributed by atoms with Gasteiger partial charge in [-0.15, -0.1) is 0 Å². The summed E-state index contributed by atoms with van der Waals surface area (Å²) in [6.07, 6.45) is 0. The van der Waals surface area contributed by atoms with Crippen molar-refractivity contribution in [3.05, 3.63) is 78.1 Å². The van der Waals surface area contributed by atoms with Crippen LogP contribution in [0.2, 0.25) is 0 Å². The lowest BCUT2D eigenvalue weighted by molar-refractivity contribution is 0.628. The summed E-state index contributed by atoms with van der Waals surface area (Å²) in [5, 5.41) is 5.89. The van der Waals surface area contributed by atoms with E-state index in [4.69, 9.17) is 0 Å². The van der Waals surface area contributed by atoms with Gasteiger partial charge in [0.2, 0.25) is 0 Å². The SMILES string of the molecule is CC(Nc1ccc(F)cc1)c1cccc2ccccc12. The molecule has 0 radical (unpaired) electrons. The number of nitrogens with one attached hydrogen (secondary N) is 1. The molecule has 20 heavy (non-hydrogen) atoms. The van der Waals surface area contributed by atoms with Gasteiger partial charge in [0.05, 0.1) is 0 Å². The minimum atomic E-state index is -0.214. The highest BCUT2D eigenvalue weighted by Gasteiger charge is 2.08. The van der Waals surface area contributed by atoms with Crippen LogP contribution in [0.4, 0.5) is 10.1 Å². The second-order valence-corrected chi connectivity index (χ2v) is 4.94. The van der Waals surface area contributed by atoms with Crippen molar-refractivity contribution < 1.29 is 4.39 Å². The van der Waals surface area contributed by atoms with Crippen LogP contribution in [0.3, 0.4) is 0 Å². The van der Waals surface area contributed by atoms with Gasteiger partial charge < -0.3 is 5.32 Å². The summed E-state index contributed by atoms with van der Waals surface area (Å²) < 4.78 is 12.9. The van der Waals surface area contributed by atoms with Gasteiger partial charge in [-0.25, -0.2) is 4.39 Å². The molecule has 0 aromatic heterocycles. The van der Waals surface area contributed by atoms with Crippen LogP contribution in [0.25, 0.3) is 10.8 Å². The quantitative estimate of drug-likeness (QED) is 0.690.